The van der Waals surface area contributed by atoms with Crippen LogP contribution in [0.1, 0.15) is 12.5 Å². The third-order valence-electron chi connectivity index (χ3n) is 3.56. The van der Waals surface area contributed by atoms with E-state index < -0.39 is 0 Å². The first-order valence-electron chi connectivity index (χ1n) is 5.51. The van der Waals surface area contributed by atoms with E-state index in [4.69, 9.17) is 0 Å². The lowest BCUT2D eigenvalue weighted by Gasteiger charge is -2.18. The molecule has 0 aromatic heterocycles. The molecule has 1 heterocycles. The Balaban J connectivity index is 2.33. The van der Waals surface area contributed by atoms with E-state index in [1.165, 1.54) is 28.4 Å². The van der Waals surface area contributed by atoms with Gasteiger partial charge in [0.2, 0.25) is 0 Å². The summed E-state index contributed by atoms with van der Waals surface area (Å²) < 4.78 is 0. The van der Waals surface area contributed by atoms with E-state index in [1.54, 1.807) is 0 Å². The first-order valence-corrected chi connectivity index (χ1v) is 5.51. The molecule has 0 spiro atoms. The second-order valence-corrected chi connectivity index (χ2v) is 4.45. The molecule has 0 saturated carbocycles. The molecule has 1 heteroatoms. The van der Waals surface area contributed by atoms with Crippen molar-refractivity contribution >= 4 is 16.5 Å². The normalized spacial score (nSPS) is 19.6. The van der Waals surface area contributed by atoms with Gasteiger partial charge in [-0.1, -0.05) is 30.3 Å². The van der Waals surface area contributed by atoms with Crippen LogP contribution in [0.3, 0.4) is 0 Å². The van der Waals surface area contributed by atoms with Crippen LogP contribution >= 0.6 is 0 Å². The van der Waals surface area contributed by atoms with Gasteiger partial charge >= 0.3 is 0 Å². The summed E-state index contributed by atoms with van der Waals surface area (Å²) in [7, 11) is 2.19. The average Bonchev–Trinajstić information content (AvgIpc) is 2.56. The molecule has 2 aromatic carbocycles. The van der Waals surface area contributed by atoms with Crippen LogP contribution in [0.15, 0.2) is 36.4 Å². The number of nitrogens with zero attached hydrogens (tertiary/aromatic N) is 1. The second kappa shape index (κ2) is 2.99. The molecule has 0 amide bonds. The number of hydrogen-bond donors (Lipinski definition) is 0. The molecular weight excluding hydrogens is 182 g/mol. The lowest BCUT2D eigenvalue weighted by molar-refractivity contribution is 0.733. The van der Waals surface area contributed by atoms with Gasteiger partial charge in [0.05, 0.1) is 0 Å². The summed E-state index contributed by atoms with van der Waals surface area (Å²) >= 11 is 0. The van der Waals surface area contributed by atoms with Crippen LogP contribution < -0.4 is 4.90 Å². The summed E-state index contributed by atoms with van der Waals surface area (Å²) in [6.07, 6.45) is 1.17. The van der Waals surface area contributed by atoms with Gasteiger partial charge in [0, 0.05) is 18.8 Å². The molecule has 76 valence electrons. The Bertz CT molecular complexity index is 516. The van der Waals surface area contributed by atoms with Crippen molar-refractivity contribution in [2.75, 3.05) is 11.9 Å². The summed E-state index contributed by atoms with van der Waals surface area (Å²) in [6, 6.07) is 13.8. The number of benzene rings is 2. The van der Waals surface area contributed by atoms with E-state index in [-0.39, 0.29) is 0 Å². The summed E-state index contributed by atoms with van der Waals surface area (Å²) in [5.41, 5.74) is 2.92. The predicted octanol–water partition coefficient (Wildman–Crippen LogP) is 3.22. The SMILES string of the molecule is C[C@H]1Cc2c(ccc3ccccc23)N1C. The number of hydrogen-bond acceptors (Lipinski definition) is 1. The minimum Gasteiger partial charge on any atom is -0.371 e. The van der Waals surface area contributed by atoms with E-state index >= 15 is 0 Å². The topological polar surface area (TPSA) is 3.24 Å². The van der Waals surface area contributed by atoms with E-state index in [1.807, 2.05) is 0 Å². The van der Waals surface area contributed by atoms with Gasteiger partial charge in [0.25, 0.3) is 0 Å². The summed E-state index contributed by atoms with van der Waals surface area (Å²) in [6.45, 7) is 2.29. The summed E-state index contributed by atoms with van der Waals surface area (Å²) in [5, 5.41) is 2.78. The standard InChI is InChI=1S/C14H15N/c1-10-9-13-12-6-4-3-5-11(12)7-8-14(13)15(10)2/h3-8,10H,9H2,1-2H3/t10-/m0/s1. The fourth-order valence-electron chi connectivity index (χ4n) is 2.54. The monoisotopic (exact) mass is 197 g/mol. The van der Waals surface area contributed by atoms with Crippen LogP contribution in [0.2, 0.25) is 0 Å². The molecule has 0 fully saturated rings. The highest BCUT2D eigenvalue weighted by molar-refractivity contribution is 5.91. The molecule has 0 aliphatic carbocycles. The van der Waals surface area contributed by atoms with Gasteiger partial charge in [0.1, 0.15) is 0 Å². The maximum absolute atomic E-state index is 2.38. The van der Waals surface area contributed by atoms with Crippen LogP contribution in [-0.2, 0) is 6.42 Å². The number of anilines is 1. The van der Waals surface area contributed by atoms with E-state index in [0.717, 1.165) is 0 Å². The fourth-order valence-corrected chi connectivity index (χ4v) is 2.54. The first kappa shape index (κ1) is 8.78. The first-order chi connectivity index (χ1) is 7.27. The van der Waals surface area contributed by atoms with Crippen LogP contribution in [0, 0.1) is 0 Å². The largest absolute Gasteiger partial charge is 0.371 e. The molecule has 2 aromatic rings. The third-order valence-corrected chi connectivity index (χ3v) is 3.56. The second-order valence-electron chi connectivity index (χ2n) is 4.45. The molecule has 0 N–H and O–H groups in total. The maximum atomic E-state index is 2.38. The third kappa shape index (κ3) is 1.16. The molecule has 0 saturated heterocycles. The maximum Gasteiger partial charge on any atom is 0.0405 e. The molecule has 15 heavy (non-hydrogen) atoms. The Labute approximate surface area is 90.3 Å². The van der Waals surface area contributed by atoms with Crippen molar-refractivity contribution in [1.82, 2.24) is 0 Å². The molecule has 1 nitrogen and oxygen atoms in total. The van der Waals surface area contributed by atoms with Crippen LogP contribution in [-0.4, -0.2) is 13.1 Å². The van der Waals surface area contributed by atoms with E-state index in [2.05, 4.69) is 55.3 Å². The quantitative estimate of drug-likeness (QED) is 0.626. The summed E-state index contributed by atoms with van der Waals surface area (Å²) in [4.78, 5) is 2.38. The molecular formula is C14H15N. The Morgan fingerprint density at radius 1 is 1.13 bits per heavy atom. The molecule has 1 aliphatic rings. The summed E-state index contributed by atoms with van der Waals surface area (Å²) in [5.74, 6) is 0. The molecule has 0 bridgehead atoms. The van der Waals surface area contributed by atoms with Crippen molar-refractivity contribution in [2.45, 2.75) is 19.4 Å². The Kier molecular flexibility index (Phi) is 1.75. The molecule has 1 atom stereocenters. The van der Waals surface area contributed by atoms with Crippen molar-refractivity contribution in [3.8, 4) is 0 Å². The Morgan fingerprint density at radius 3 is 2.80 bits per heavy atom. The van der Waals surface area contributed by atoms with Crippen LogP contribution in [0.5, 0.6) is 0 Å². The zero-order chi connectivity index (χ0) is 10.4. The molecule has 0 unspecified atom stereocenters. The Hall–Kier alpha value is -1.50. The smallest absolute Gasteiger partial charge is 0.0405 e. The van der Waals surface area contributed by atoms with Gasteiger partial charge in [-0.25, -0.2) is 0 Å². The van der Waals surface area contributed by atoms with Gasteiger partial charge in [-0.3, -0.25) is 0 Å². The number of fused-ring (bicyclic) bond motifs is 3. The fraction of sp³-hybridized carbons (Fsp3) is 0.286. The van der Waals surface area contributed by atoms with Crippen LogP contribution in [0.25, 0.3) is 10.8 Å². The van der Waals surface area contributed by atoms with Gasteiger partial charge in [0.15, 0.2) is 0 Å². The van der Waals surface area contributed by atoms with Crippen molar-refractivity contribution in [1.29, 1.82) is 0 Å². The van der Waals surface area contributed by atoms with Gasteiger partial charge < -0.3 is 4.90 Å². The van der Waals surface area contributed by atoms with E-state index in [9.17, 15) is 0 Å². The lowest BCUT2D eigenvalue weighted by Crippen LogP contribution is -2.23. The minimum absolute atomic E-state index is 0.630. The highest BCUT2D eigenvalue weighted by Gasteiger charge is 2.23. The molecule has 0 radical (unpaired) electrons. The highest BCUT2D eigenvalue weighted by atomic mass is 15.1. The average molecular weight is 197 g/mol. The number of rotatable bonds is 0. The van der Waals surface area contributed by atoms with E-state index in [0.29, 0.717) is 6.04 Å². The zero-order valence-electron chi connectivity index (χ0n) is 9.20. The predicted molar refractivity (Wildman–Crippen MR) is 65.5 cm³/mol. The van der Waals surface area contributed by atoms with Gasteiger partial charge in [-0.15, -0.1) is 0 Å². The van der Waals surface area contributed by atoms with Crippen molar-refractivity contribution < 1.29 is 0 Å². The van der Waals surface area contributed by atoms with Crippen molar-refractivity contribution in [3.63, 3.8) is 0 Å². The minimum atomic E-state index is 0.630. The molecule has 3 rings (SSSR count). The Morgan fingerprint density at radius 2 is 1.93 bits per heavy atom. The van der Waals surface area contributed by atoms with Gasteiger partial charge in [-0.2, -0.15) is 0 Å². The lowest BCUT2D eigenvalue weighted by atomic mass is 10.0. The van der Waals surface area contributed by atoms with Crippen LogP contribution in [0.4, 0.5) is 5.69 Å². The molecule has 1 aliphatic heterocycles. The highest BCUT2D eigenvalue weighted by Crippen LogP contribution is 2.35. The van der Waals surface area contributed by atoms with Crippen molar-refractivity contribution in [2.24, 2.45) is 0 Å². The van der Waals surface area contributed by atoms with Gasteiger partial charge in [-0.05, 0) is 35.7 Å². The van der Waals surface area contributed by atoms with Crippen molar-refractivity contribution in [3.05, 3.63) is 42.0 Å². The zero-order valence-corrected chi connectivity index (χ0v) is 9.20. The number of likely N-dealkylation sites (N-methyl/N-ethyl adjacent to an activating group) is 1.